The minimum atomic E-state index is -0.218. The second kappa shape index (κ2) is 6.78. The largest absolute Gasteiger partial charge is 0.449 e. The van der Waals surface area contributed by atoms with Crippen LogP contribution in [0.4, 0.5) is 4.79 Å². The highest BCUT2D eigenvalue weighted by atomic mass is 16.6. The molecule has 5 fully saturated rings. The highest BCUT2D eigenvalue weighted by Gasteiger charge is 2.50. The number of nitrogens with two attached hydrogens (primary N) is 1. The van der Waals surface area contributed by atoms with Crippen molar-refractivity contribution in [3.63, 3.8) is 0 Å². The quantitative estimate of drug-likeness (QED) is 0.840. The van der Waals surface area contributed by atoms with Gasteiger partial charge in [-0.3, -0.25) is 4.79 Å². The molecule has 6 heteroatoms. The highest BCUT2D eigenvalue weighted by Crippen LogP contribution is 2.61. The lowest BCUT2D eigenvalue weighted by molar-refractivity contribution is -0.131. The normalized spacial score (nSPS) is 36.6. The molecule has 0 aromatic carbocycles. The number of carbonyl (C=O) groups is 2. The average molecular weight is 349 g/mol. The maximum atomic E-state index is 12.3. The first-order chi connectivity index (χ1) is 12.1. The van der Waals surface area contributed by atoms with Crippen molar-refractivity contribution in [3.8, 4) is 0 Å². The zero-order valence-corrected chi connectivity index (χ0v) is 15.1. The Hall–Kier alpha value is -1.30. The zero-order valence-electron chi connectivity index (χ0n) is 15.1. The molecule has 4 bridgehead atoms. The van der Waals surface area contributed by atoms with Crippen LogP contribution in [-0.4, -0.2) is 61.1 Å². The SMILES string of the molecule is NCC(=O)N1CCN(C(=O)OCCC23CC4CC(CC(C4)C2)C3)CC1. The molecule has 6 nitrogen and oxygen atoms in total. The standard InChI is InChI=1S/C19H31N3O3/c20-13-17(23)21-2-4-22(5-3-21)18(24)25-6-1-19-10-14-7-15(11-19)9-16(8-14)12-19/h14-16H,1-13,20H2. The molecule has 0 aromatic rings. The van der Waals surface area contributed by atoms with E-state index in [1.54, 1.807) is 9.80 Å². The lowest BCUT2D eigenvalue weighted by atomic mass is 9.49. The van der Waals surface area contributed by atoms with Gasteiger partial charge in [0, 0.05) is 26.2 Å². The lowest BCUT2D eigenvalue weighted by Gasteiger charge is -2.57. The van der Waals surface area contributed by atoms with E-state index in [0.717, 1.165) is 24.2 Å². The fourth-order valence-corrected chi connectivity index (χ4v) is 6.31. The highest BCUT2D eigenvalue weighted by molar-refractivity contribution is 5.78. The van der Waals surface area contributed by atoms with Crippen molar-refractivity contribution in [1.29, 1.82) is 0 Å². The van der Waals surface area contributed by atoms with Crippen molar-refractivity contribution in [3.05, 3.63) is 0 Å². The summed E-state index contributed by atoms with van der Waals surface area (Å²) < 4.78 is 5.60. The van der Waals surface area contributed by atoms with Crippen LogP contribution in [0.15, 0.2) is 0 Å². The molecule has 2 N–H and O–H groups in total. The Morgan fingerprint density at radius 1 is 0.920 bits per heavy atom. The third-order valence-electron chi connectivity index (χ3n) is 7.09. The molecule has 0 spiro atoms. The van der Waals surface area contributed by atoms with Crippen LogP contribution in [0.25, 0.3) is 0 Å². The molecular weight excluding hydrogens is 318 g/mol. The summed E-state index contributed by atoms with van der Waals surface area (Å²) in [5, 5.41) is 0. The van der Waals surface area contributed by atoms with Gasteiger partial charge in [0.1, 0.15) is 0 Å². The van der Waals surface area contributed by atoms with Crippen LogP contribution in [0.2, 0.25) is 0 Å². The van der Waals surface area contributed by atoms with Crippen molar-refractivity contribution in [2.75, 3.05) is 39.3 Å². The van der Waals surface area contributed by atoms with Crippen molar-refractivity contribution >= 4 is 12.0 Å². The first-order valence-electron chi connectivity index (χ1n) is 9.96. The van der Waals surface area contributed by atoms with E-state index in [1.807, 2.05) is 0 Å². The summed E-state index contributed by atoms with van der Waals surface area (Å²) in [6.45, 7) is 2.78. The van der Waals surface area contributed by atoms with Crippen molar-refractivity contribution in [2.45, 2.75) is 44.9 Å². The van der Waals surface area contributed by atoms with Gasteiger partial charge < -0.3 is 20.3 Å². The van der Waals surface area contributed by atoms with E-state index in [4.69, 9.17) is 10.5 Å². The van der Waals surface area contributed by atoms with Gasteiger partial charge in [-0.25, -0.2) is 4.79 Å². The van der Waals surface area contributed by atoms with Crippen LogP contribution < -0.4 is 5.73 Å². The Morgan fingerprint density at radius 2 is 1.44 bits per heavy atom. The summed E-state index contributed by atoms with van der Waals surface area (Å²) in [4.78, 5) is 27.3. The molecule has 5 aliphatic rings. The predicted octanol–water partition coefficient (Wildman–Crippen LogP) is 1.83. The van der Waals surface area contributed by atoms with Crippen molar-refractivity contribution < 1.29 is 14.3 Å². The third kappa shape index (κ3) is 3.50. The van der Waals surface area contributed by atoms with E-state index in [-0.39, 0.29) is 18.5 Å². The molecule has 0 radical (unpaired) electrons. The van der Waals surface area contributed by atoms with E-state index < -0.39 is 0 Å². The summed E-state index contributed by atoms with van der Waals surface area (Å²) in [5.41, 5.74) is 5.85. The average Bonchev–Trinajstić information content (AvgIpc) is 2.59. The summed E-state index contributed by atoms with van der Waals surface area (Å²) >= 11 is 0. The van der Waals surface area contributed by atoms with Gasteiger partial charge in [-0.1, -0.05) is 0 Å². The maximum Gasteiger partial charge on any atom is 0.409 e. The second-order valence-electron chi connectivity index (χ2n) is 8.85. The number of carbonyl (C=O) groups excluding carboxylic acids is 2. The second-order valence-corrected chi connectivity index (χ2v) is 8.85. The number of hydrogen-bond donors (Lipinski definition) is 1. The van der Waals surface area contributed by atoms with Crippen LogP contribution in [0.3, 0.4) is 0 Å². The first kappa shape index (κ1) is 17.1. The monoisotopic (exact) mass is 349 g/mol. The van der Waals surface area contributed by atoms with Gasteiger partial charge >= 0.3 is 6.09 Å². The van der Waals surface area contributed by atoms with Crippen LogP contribution in [0, 0.1) is 23.2 Å². The van der Waals surface area contributed by atoms with Crippen LogP contribution in [-0.2, 0) is 9.53 Å². The molecule has 1 heterocycles. The number of piperazine rings is 1. The Balaban J connectivity index is 1.22. The molecular formula is C19H31N3O3. The Kier molecular flexibility index (Phi) is 4.65. The van der Waals surface area contributed by atoms with Crippen molar-refractivity contribution in [2.24, 2.45) is 28.9 Å². The topological polar surface area (TPSA) is 75.9 Å². The van der Waals surface area contributed by atoms with E-state index in [9.17, 15) is 9.59 Å². The molecule has 0 unspecified atom stereocenters. The summed E-state index contributed by atoms with van der Waals surface area (Å²) in [7, 11) is 0. The first-order valence-corrected chi connectivity index (χ1v) is 9.96. The summed E-state index contributed by atoms with van der Waals surface area (Å²) in [5.74, 6) is 2.77. The van der Waals surface area contributed by atoms with Crippen LogP contribution in [0.1, 0.15) is 44.9 Å². The Bertz CT molecular complexity index is 493. The number of ether oxygens (including phenoxy) is 1. The molecule has 1 aliphatic heterocycles. The molecule has 2 amide bonds. The van der Waals surface area contributed by atoms with Gasteiger partial charge in [0.05, 0.1) is 13.2 Å². The molecule has 0 aromatic heterocycles. The molecule has 140 valence electrons. The third-order valence-corrected chi connectivity index (χ3v) is 7.09. The van der Waals surface area contributed by atoms with Gasteiger partial charge in [0.25, 0.3) is 0 Å². The number of nitrogens with zero attached hydrogens (tertiary/aromatic N) is 2. The number of rotatable bonds is 4. The summed E-state index contributed by atoms with van der Waals surface area (Å²) in [6, 6.07) is 0. The minimum absolute atomic E-state index is 0.0372. The number of amides is 2. The number of hydrogen-bond acceptors (Lipinski definition) is 4. The van der Waals surface area contributed by atoms with E-state index in [1.165, 1.54) is 38.5 Å². The molecule has 5 rings (SSSR count). The Labute approximate surface area is 150 Å². The van der Waals surface area contributed by atoms with Gasteiger partial charge in [-0.2, -0.15) is 0 Å². The lowest BCUT2D eigenvalue weighted by Crippen LogP contribution is -2.52. The smallest absolute Gasteiger partial charge is 0.409 e. The van der Waals surface area contributed by atoms with Gasteiger partial charge in [-0.15, -0.1) is 0 Å². The molecule has 4 saturated carbocycles. The maximum absolute atomic E-state index is 12.3. The zero-order chi connectivity index (χ0) is 17.4. The fraction of sp³-hybridized carbons (Fsp3) is 0.895. The van der Waals surface area contributed by atoms with Gasteiger partial charge in [0.2, 0.25) is 5.91 Å². The predicted molar refractivity (Wildman–Crippen MR) is 93.8 cm³/mol. The van der Waals surface area contributed by atoms with E-state index in [0.29, 0.717) is 38.2 Å². The summed E-state index contributed by atoms with van der Waals surface area (Å²) in [6.07, 6.45) is 9.24. The minimum Gasteiger partial charge on any atom is -0.449 e. The van der Waals surface area contributed by atoms with Gasteiger partial charge in [-0.05, 0) is 68.1 Å². The van der Waals surface area contributed by atoms with Gasteiger partial charge in [0.15, 0.2) is 0 Å². The van der Waals surface area contributed by atoms with E-state index >= 15 is 0 Å². The molecule has 0 atom stereocenters. The Morgan fingerprint density at radius 3 is 1.96 bits per heavy atom. The molecule has 25 heavy (non-hydrogen) atoms. The van der Waals surface area contributed by atoms with Crippen LogP contribution >= 0.6 is 0 Å². The fourth-order valence-electron chi connectivity index (χ4n) is 6.31. The van der Waals surface area contributed by atoms with E-state index in [2.05, 4.69) is 0 Å². The van der Waals surface area contributed by atoms with Crippen LogP contribution in [0.5, 0.6) is 0 Å². The molecule has 4 aliphatic carbocycles. The molecule has 1 saturated heterocycles. The van der Waals surface area contributed by atoms with Crippen molar-refractivity contribution in [1.82, 2.24) is 9.80 Å².